The lowest BCUT2D eigenvalue weighted by atomic mass is 10.1. The molecule has 4 nitrogen and oxygen atoms in total. The van der Waals surface area contributed by atoms with E-state index in [0.29, 0.717) is 18.2 Å². The third-order valence-corrected chi connectivity index (χ3v) is 3.64. The van der Waals surface area contributed by atoms with E-state index >= 15 is 0 Å². The standard InChI is InChI=1S/C18H17FN2O2/c19-16-4-2-1-3-15(16)18(23)21-14-7-5-12(6-8-14)11-17(22)20-13-9-10-13/h1-8,13H,9-11H2,(H,20,22)(H,21,23). The number of rotatable bonds is 5. The molecule has 0 saturated heterocycles. The molecule has 0 aromatic heterocycles. The second kappa shape index (κ2) is 6.60. The van der Waals surface area contributed by atoms with E-state index in [-0.39, 0.29) is 11.5 Å². The van der Waals surface area contributed by atoms with Gasteiger partial charge in [-0.1, -0.05) is 24.3 Å². The van der Waals surface area contributed by atoms with Gasteiger partial charge in [0.15, 0.2) is 0 Å². The topological polar surface area (TPSA) is 58.2 Å². The van der Waals surface area contributed by atoms with Crippen molar-refractivity contribution in [3.63, 3.8) is 0 Å². The summed E-state index contributed by atoms with van der Waals surface area (Å²) in [6, 6.07) is 13.1. The summed E-state index contributed by atoms with van der Waals surface area (Å²) in [5, 5.41) is 5.57. The van der Waals surface area contributed by atoms with E-state index in [0.717, 1.165) is 18.4 Å². The summed E-state index contributed by atoms with van der Waals surface area (Å²) in [5.74, 6) is -1.05. The minimum absolute atomic E-state index is 0.000359. The molecule has 2 amide bonds. The van der Waals surface area contributed by atoms with Gasteiger partial charge >= 0.3 is 0 Å². The fourth-order valence-electron chi connectivity index (χ4n) is 2.24. The lowest BCUT2D eigenvalue weighted by Gasteiger charge is -2.07. The number of hydrogen-bond acceptors (Lipinski definition) is 2. The maximum Gasteiger partial charge on any atom is 0.258 e. The van der Waals surface area contributed by atoms with Gasteiger partial charge in [-0.3, -0.25) is 9.59 Å². The van der Waals surface area contributed by atoms with Crippen LogP contribution in [0.5, 0.6) is 0 Å². The first-order chi connectivity index (χ1) is 11.1. The number of anilines is 1. The molecule has 1 fully saturated rings. The maximum atomic E-state index is 13.6. The van der Waals surface area contributed by atoms with Gasteiger partial charge in [-0.05, 0) is 42.7 Å². The van der Waals surface area contributed by atoms with Gasteiger partial charge < -0.3 is 10.6 Å². The molecule has 0 atom stereocenters. The van der Waals surface area contributed by atoms with Crippen LogP contribution in [0.3, 0.4) is 0 Å². The number of benzene rings is 2. The molecule has 2 aromatic carbocycles. The monoisotopic (exact) mass is 312 g/mol. The molecule has 0 unspecified atom stereocenters. The molecule has 0 heterocycles. The van der Waals surface area contributed by atoms with E-state index in [1.54, 1.807) is 30.3 Å². The molecular weight excluding hydrogens is 295 g/mol. The summed E-state index contributed by atoms with van der Waals surface area (Å²) in [7, 11) is 0. The van der Waals surface area contributed by atoms with Crippen molar-refractivity contribution in [2.24, 2.45) is 0 Å². The summed E-state index contributed by atoms with van der Waals surface area (Å²) in [5.41, 5.74) is 1.43. The zero-order valence-corrected chi connectivity index (χ0v) is 12.5. The summed E-state index contributed by atoms with van der Waals surface area (Å²) >= 11 is 0. The highest BCUT2D eigenvalue weighted by Crippen LogP contribution is 2.19. The van der Waals surface area contributed by atoms with Gasteiger partial charge in [-0.25, -0.2) is 4.39 Å². The van der Waals surface area contributed by atoms with Crippen molar-refractivity contribution >= 4 is 17.5 Å². The third kappa shape index (κ3) is 4.16. The molecule has 0 bridgehead atoms. The predicted octanol–water partition coefficient (Wildman–Crippen LogP) is 2.90. The quantitative estimate of drug-likeness (QED) is 0.892. The van der Waals surface area contributed by atoms with Crippen LogP contribution in [0.25, 0.3) is 0 Å². The Balaban J connectivity index is 1.59. The minimum Gasteiger partial charge on any atom is -0.353 e. The van der Waals surface area contributed by atoms with Gasteiger partial charge in [0.1, 0.15) is 5.82 Å². The zero-order chi connectivity index (χ0) is 16.2. The van der Waals surface area contributed by atoms with Crippen LogP contribution in [0.2, 0.25) is 0 Å². The second-order valence-corrected chi connectivity index (χ2v) is 5.65. The van der Waals surface area contributed by atoms with E-state index in [4.69, 9.17) is 0 Å². The van der Waals surface area contributed by atoms with Gasteiger partial charge in [0.25, 0.3) is 5.91 Å². The molecule has 2 N–H and O–H groups in total. The molecular formula is C18H17FN2O2. The molecule has 2 aromatic rings. The Bertz CT molecular complexity index is 724. The SMILES string of the molecule is O=C(Cc1ccc(NC(=O)c2ccccc2F)cc1)NC1CC1. The molecule has 5 heteroatoms. The maximum absolute atomic E-state index is 13.6. The van der Waals surface area contributed by atoms with Crippen molar-refractivity contribution in [3.05, 3.63) is 65.5 Å². The molecule has 1 saturated carbocycles. The second-order valence-electron chi connectivity index (χ2n) is 5.65. The van der Waals surface area contributed by atoms with Gasteiger partial charge in [-0.15, -0.1) is 0 Å². The molecule has 118 valence electrons. The molecule has 1 aliphatic carbocycles. The van der Waals surface area contributed by atoms with Gasteiger partial charge in [0, 0.05) is 11.7 Å². The fourth-order valence-corrected chi connectivity index (χ4v) is 2.24. The highest BCUT2D eigenvalue weighted by molar-refractivity contribution is 6.04. The van der Waals surface area contributed by atoms with Crippen molar-refractivity contribution < 1.29 is 14.0 Å². The smallest absolute Gasteiger partial charge is 0.258 e. The zero-order valence-electron chi connectivity index (χ0n) is 12.5. The van der Waals surface area contributed by atoms with Crippen molar-refractivity contribution in [2.45, 2.75) is 25.3 Å². The summed E-state index contributed by atoms with van der Waals surface area (Å²) < 4.78 is 13.6. The fraction of sp³-hybridized carbons (Fsp3) is 0.222. The lowest BCUT2D eigenvalue weighted by molar-refractivity contribution is -0.120. The van der Waals surface area contributed by atoms with Crippen LogP contribution in [0.1, 0.15) is 28.8 Å². The molecule has 0 aliphatic heterocycles. The lowest BCUT2D eigenvalue weighted by Crippen LogP contribution is -2.26. The van der Waals surface area contributed by atoms with E-state index in [2.05, 4.69) is 10.6 Å². The Labute approximate surface area is 133 Å². The number of carbonyl (C=O) groups excluding carboxylic acids is 2. The average Bonchev–Trinajstić information content (AvgIpc) is 3.33. The Morgan fingerprint density at radius 1 is 1.04 bits per heavy atom. The highest BCUT2D eigenvalue weighted by atomic mass is 19.1. The van der Waals surface area contributed by atoms with Crippen molar-refractivity contribution in [2.75, 3.05) is 5.32 Å². The number of amides is 2. The normalized spacial score (nSPS) is 13.4. The van der Waals surface area contributed by atoms with E-state index in [1.807, 2.05) is 0 Å². The Morgan fingerprint density at radius 2 is 1.74 bits per heavy atom. The summed E-state index contributed by atoms with van der Waals surface area (Å²) in [4.78, 5) is 23.7. The molecule has 0 radical (unpaired) electrons. The van der Waals surface area contributed by atoms with E-state index in [1.165, 1.54) is 18.2 Å². The average molecular weight is 312 g/mol. The minimum atomic E-state index is -0.557. The number of hydrogen-bond donors (Lipinski definition) is 2. The largest absolute Gasteiger partial charge is 0.353 e. The van der Waals surface area contributed by atoms with Crippen LogP contribution < -0.4 is 10.6 Å². The predicted molar refractivity (Wildman–Crippen MR) is 85.7 cm³/mol. The Hall–Kier alpha value is -2.69. The van der Waals surface area contributed by atoms with E-state index in [9.17, 15) is 14.0 Å². The first kappa shape index (κ1) is 15.2. The number of halogens is 1. The number of nitrogens with one attached hydrogen (secondary N) is 2. The van der Waals surface area contributed by atoms with Crippen LogP contribution in [0.4, 0.5) is 10.1 Å². The van der Waals surface area contributed by atoms with Crippen molar-refractivity contribution in [3.8, 4) is 0 Å². The van der Waals surface area contributed by atoms with Crippen LogP contribution in [-0.4, -0.2) is 17.9 Å². The molecule has 1 aliphatic rings. The Kier molecular flexibility index (Phi) is 4.37. The van der Waals surface area contributed by atoms with Gasteiger partial charge in [0.05, 0.1) is 12.0 Å². The van der Waals surface area contributed by atoms with Crippen molar-refractivity contribution in [1.29, 1.82) is 0 Å². The van der Waals surface area contributed by atoms with Gasteiger partial charge in [-0.2, -0.15) is 0 Å². The van der Waals surface area contributed by atoms with Crippen molar-refractivity contribution in [1.82, 2.24) is 5.32 Å². The molecule has 23 heavy (non-hydrogen) atoms. The third-order valence-electron chi connectivity index (χ3n) is 3.64. The van der Waals surface area contributed by atoms with Crippen LogP contribution in [0.15, 0.2) is 48.5 Å². The summed E-state index contributed by atoms with van der Waals surface area (Å²) in [6.45, 7) is 0. The van der Waals surface area contributed by atoms with Gasteiger partial charge in [0.2, 0.25) is 5.91 Å². The summed E-state index contributed by atoms with van der Waals surface area (Å²) in [6.07, 6.45) is 2.44. The first-order valence-electron chi connectivity index (χ1n) is 7.56. The molecule has 3 rings (SSSR count). The van der Waals surface area contributed by atoms with Crippen LogP contribution in [0, 0.1) is 5.82 Å². The highest BCUT2D eigenvalue weighted by Gasteiger charge is 2.23. The molecule has 0 spiro atoms. The van der Waals surface area contributed by atoms with Crippen LogP contribution in [-0.2, 0) is 11.2 Å². The first-order valence-corrected chi connectivity index (χ1v) is 7.56. The van der Waals surface area contributed by atoms with E-state index < -0.39 is 11.7 Å². The number of carbonyl (C=O) groups is 2. The Morgan fingerprint density at radius 3 is 2.39 bits per heavy atom. The van der Waals surface area contributed by atoms with Crippen LogP contribution >= 0.6 is 0 Å².